The summed E-state index contributed by atoms with van der Waals surface area (Å²) in [6.45, 7) is 8.34. The van der Waals surface area contributed by atoms with Gasteiger partial charge < -0.3 is 19.7 Å². The fourth-order valence-electron chi connectivity index (χ4n) is 3.19. The summed E-state index contributed by atoms with van der Waals surface area (Å²) >= 11 is 0. The number of nitrogens with zero attached hydrogens (tertiary/aromatic N) is 3. The first-order valence-corrected chi connectivity index (χ1v) is 9.43. The molecule has 1 aromatic carbocycles. The predicted molar refractivity (Wildman–Crippen MR) is 106 cm³/mol. The van der Waals surface area contributed by atoms with Crippen LogP contribution < -0.4 is 5.32 Å². The van der Waals surface area contributed by atoms with Gasteiger partial charge in [0.1, 0.15) is 0 Å². The standard InChI is InChI=1S/C21H28N4O2/c1-21(2,3)22-20(27)25-14-6-13-24(15-16-25)19(26)17-7-9-18(10-8-17)23-11-4-5-12-23/h4-5,7-12H,6,13-16H2,1-3H3,(H,22,27). The Morgan fingerprint density at radius 1 is 0.889 bits per heavy atom. The van der Waals surface area contributed by atoms with Crippen molar-refractivity contribution in [3.8, 4) is 5.69 Å². The summed E-state index contributed by atoms with van der Waals surface area (Å²) in [4.78, 5) is 28.9. The molecule has 2 aromatic rings. The second-order valence-electron chi connectivity index (χ2n) is 7.95. The summed E-state index contributed by atoms with van der Waals surface area (Å²) in [6.07, 6.45) is 4.73. The van der Waals surface area contributed by atoms with Crippen LogP contribution in [0.4, 0.5) is 4.79 Å². The molecule has 1 N–H and O–H groups in total. The van der Waals surface area contributed by atoms with E-state index in [1.54, 1.807) is 4.90 Å². The van der Waals surface area contributed by atoms with E-state index in [0.717, 1.165) is 12.1 Å². The molecule has 144 valence electrons. The van der Waals surface area contributed by atoms with Gasteiger partial charge in [0.15, 0.2) is 0 Å². The molecule has 3 rings (SSSR count). The number of amides is 3. The number of benzene rings is 1. The lowest BCUT2D eigenvalue weighted by Crippen LogP contribution is -2.49. The summed E-state index contributed by atoms with van der Waals surface area (Å²) in [6, 6.07) is 11.5. The summed E-state index contributed by atoms with van der Waals surface area (Å²) in [5, 5.41) is 2.99. The number of urea groups is 1. The fourth-order valence-corrected chi connectivity index (χ4v) is 3.19. The normalized spacial score (nSPS) is 15.4. The highest BCUT2D eigenvalue weighted by molar-refractivity contribution is 5.94. The van der Waals surface area contributed by atoms with Crippen molar-refractivity contribution in [2.75, 3.05) is 26.2 Å². The largest absolute Gasteiger partial charge is 0.337 e. The van der Waals surface area contributed by atoms with Crippen molar-refractivity contribution in [1.29, 1.82) is 0 Å². The average Bonchev–Trinajstić information content (AvgIpc) is 3.04. The number of carbonyl (C=O) groups is 2. The molecule has 0 spiro atoms. The molecular formula is C21H28N4O2. The molecule has 6 nitrogen and oxygen atoms in total. The van der Waals surface area contributed by atoms with E-state index in [0.29, 0.717) is 31.7 Å². The molecule has 1 aromatic heterocycles. The van der Waals surface area contributed by atoms with Crippen molar-refractivity contribution in [3.63, 3.8) is 0 Å². The summed E-state index contributed by atoms with van der Waals surface area (Å²) < 4.78 is 2.01. The van der Waals surface area contributed by atoms with Crippen LogP contribution in [0, 0.1) is 0 Å². The summed E-state index contributed by atoms with van der Waals surface area (Å²) in [7, 11) is 0. The lowest BCUT2D eigenvalue weighted by molar-refractivity contribution is 0.0762. The maximum Gasteiger partial charge on any atom is 0.317 e. The highest BCUT2D eigenvalue weighted by Crippen LogP contribution is 2.14. The first-order chi connectivity index (χ1) is 12.8. The van der Waals surface area contributed by atoms with Gasteiger partial charge in [-0.25, -0.2) is 4.79 Å². The first-order valence-electron chi connectivity index (χ1n) is 9.43. The van der Waals surface area contributed by atoms with Crippen molar-refractivity contribution in [3.05, 3.63) is 54.4 Å². The molecule has 1 aliphatic heterocycles. The van der Waals surface area contributed by atoms with Gasteiger partial charge in [-0.05, 0) is 63.6 Å². The number of aromatic nitrogens is 1. The Kier molecular flexibility index (Phi) is 5.54. The Labute approximate surface area is 160 Å². The van der Waals surface area contributed by atoms with Crippen molar-refractivity contribution >= 4 is 11.9 Å². The Morgan fingerprint density at radius 3 is 2.11 bits per heavy atom. The molecule has 0 unspecified atom stereocenters. The molecule has 27 heavy (non-hydrogen) atoms. The number of rotatable bonds is 2. The number of hydrogen-bond acceptors (Lipinski definition) is 2. The van der Waals surface area contributed by atoms with Crippen LogP contribution in [0.25, 0.3) is 5.69 Å². The van der Waals surface area contributed by atoms with Gasteiger partial charge in [0.25, 0.3) is 5.91 Å². The first kappa shape index (κ1) is 19.0. The van der Waals surface area contributed by atoms with Crippen LogP contribution in [0.5, 0.6) is 0 Å². The minimum absolute atomic E-state index is 0.0205. The highest BCUT2D eigenvalue weighted by Gasteiger charge is 2.24. The molecule has 0 bridgehead atoms. The smallest absolute Gasteiger partial charge is 0.317 e. The Bertz CT molecular complexity index is 776. The molecule has 3 amide bonds. The maximum atomic E-state index is 12.9. The van der Waals surface area contributed by atoms with Gasteiger partial charge >= 0.3 is 6.03 Å². The topological polar surface area (TPSA) is 57.6 Å². The van der Waals surface area contributed by atoms with Crippen molar-refractivity contribution in [2.45, 2.75) is 32.7 Å². The van der Waals surface area contributed by atoms with Gasteiger partial charge in [0, 0.05) is 55.4 Å². The highest BCUT2D eigenvalue weighted by atomic mass is 16.2. The van der Waals surface area contributed by atoms with Gasteiger partial charge in [-0.15, -0.1) is 0 Å². The summed E-state index contributed by atoms with van der Waals surface area (Å²) in [5.74, 6) is 0.0205. The quantitative estimate of drug-likeness (QED) is 0.885. The lowest BCUT2D eigenvalue weighted by Gasteiger charge is -2.27. The maximum absolute atomic E-state index is 12.9. The van der Waals surface area contributed by atoms with Crippen molar-refractivity contribution in [2.24, 2.45) is 0 Å². The Morgan fingerprint density at radius 2 is 1.48 bits per heavy atom. The van der Waals surface area contributed by atoms with E-state index in [4.69, 9.17) is 0 Å². The van der Waals surface area contributed by atoms with Crippen molar-refractivity contribution in [1.82, 2.24) is 19.7 Å². The molecule has 1 saturated heterocycles. The molecule has 1 aliphatic rings. The van der Waals surface area contributed by atoms with E-state index in [1.165, 1.54) is 0 Å². The molecule has 0 aliphatic carbocycles. The van der Waals surface area contributed by atoms with Gasteiger partial charge in [-0.2, -0.15) is 0 Å². The van der Waals surface area contributed by atoms with E-state index in [-0.39, 0.29) is 17.5 Å². The fraction of sp³-hybridized carbons (Fsp3) is 0.429. The monoisotopic (exact) mass is 368 g/mol. The van der Waals surface area contributed by atoms with Gasteiger partial charge in [0.05, 0.1) is 0 Å². The van der Waals surface area contributed by atoms with Crippen LogP contribution in [0.2, 0.25) is 0 Å². The zero-order valence-corrected chi connectivity index (χ0v) is 16.3. The molecule has 0 radical (unpaired) electrons. The Hall–Kier alpha value is -2.76. The second kappa shape index (κ2) is 7.86. The van der Waals surface area contributed by atoms with Gasteiger partial charge in [-0.3, -0.25) is 4.79 Å². The van der Waals surface area contributed by atoms with Gasteiger partial charge in [0.2, 0.25) is 0 Å². The van der Waals surface area contributed by atoms with E-state index in [2.05, 4.69) is 5.32 Å². The number of hydrogen-bond donors (Lipinski definition) is 1. The SMILES string of the molecule is CC(C)(C)NC(=O)N1CCCN(C(=O)c2ccc(-n3cccc3)cc2)CC1. The molecule has 1 fully saturated rings. The molecule has 0 saturated carbocycles. The van der Waals surface area contributed by atoms with E-state index < -0.39 is 0 Å². The van der Waals surface area contributed by atoms with E-state index in [9.17, 15) is 9.59 Å². The van der Waals surface area contributed by atoms with Crippen LogP contribution in [0.3, 0.4) is 0 Å². The van der Waals surface area contributed by atoms with Crippen LogP contribution in [-0.2, 0) is 0 Å². The van der Waals surface area contributed by atoms with Crippen LogP contribution >= 0.6 is 0 Å². The third-order valence-corrected chi connectivity index (χ3v) is 4.57. The molecular weight excluding hydrogens is 340 g/mol. The van der Waals surface area contributed by atoms with Gasteiger partial charge in [-0.1, -0.05) is 0 Å². The Balaban J connectivity index is 1.61. The lowest BCUT2D eigenvalue weighted by atomic mass is 10.1. The minimum atomic E-state index is -0.264. The number of carbonyl (C=O) groups excluding carboxylic acids is 2. The van der Waals surface area contributed by atoms with E-state index >= 15 is 0 Å². The minimum Gasteiger partial charge on any atom is -0.337 e. The molecule has 0 atom stereocenters. The van der Waals surface area contributed by atoms with Crippen LogP contribution in [-0.4, -0.2) is 58.0 Å². The zero-order valence-electron chi connectivity index (χ0n) is 16.3. The molecule has 6 heteroatoms. The number of nitrogens with one attached hydrogen (secondary N) is 1. The summed E-state index contributed by atoms with van der Waals surface area (Å²) in [5.41, 5.74) is 1.44. The second-order valence-corrected chi connectivity index (χ2v) is 7.95. The van der Waals surface area contributed by atoms with Crippen LogP contribution in [0.1, 0.15) is 37.6 Å². The van der Waals surface area contributed by atoms with E-state index in [1.807, 2.05) is 79.0 Å². The third kappa shape index (κ3) is 4.90. The third-order valence-electron chi connectivity index (χ3n) is 4.57. The predicted octanol–water partition coefficient (Wildman–Crippen LogP) is 3.13. The zero-order chi connectivity index (χ0) is 19.4. The average molecular weight is 368 g/mol. The van der Waals surface area contributed by atoms with Crippen molar-refractivity contribution < 1.29 is 9.59 Å². The molecule has 2 heterocycles. The van der Waals surface area contributed by atoms with Crippen LogP contribution in [0.15, 0.2) is 48.8 Å².